The average Bonchev–Trinajstić information content (AvgIpc) is 2.82. The highest BCUT2D eigenvalue weighted by atomic mass is 16.4. The Morgan fingerprint density at radius 2 is 0.970 bits per heavy atom. The van der Waals surface area contributed by atoms with Gasteiger partial charge in [0, 0.05) is 11.9 Å². The maximum absolute atomic E-state index is 11.4. The van der Waals surface area contributed by atoms with Crippen molar-refractivity contribution >= 4 is 5.97 Å². The number of hydrogen-bond acceptors (Lipinski definition) is 2. The largest absolute Gasteiger partial charge is 0.550 e. The Morgan fingerprint density at radius 3 is 1.33 bits per heavy atom. The minimum Gasteiger partial charge on any atom is -0.550 e. The summed E-state index contributed by atoms with van der Waals surface area (Å²) in [7, 11) is 0. The van der Waals surface area contributed by atoms with Gasteiger partial charge in [0.25, 0.3) is 0 Å². The van der Waals surface area contributed by atoms with Crippen LogP contribution in [-0.2, 0) is 11.2 Å². The van der Waals surface area contributed by atoms with E-state index in [0.717, 1.165) is 24.8 Å². The molecule has 0 bridgehead atoms. The molecule has 0 aliphatic carbocycles. The maximum Gasteiger partial charge on any atom is 0.0448 e. The number of benzene rings is 1. The second-order valence-electron chi connectivity index (χ2n) is 10.2. The molecule has 0 N–H and O–H groups in total. The molecule has 0 fully saturated rings. The molecule has 1 aromatic carbocycles. The van der Waals surface area contributed by atoms with Crippen LogP contribution < -0.4 is 5.11 Å². The lowest BCUT2D eigenvalue weighted by Crippen LogP contribution is -2.32. The van der Waals surface area contributed by atoms with Crippen LogP contribution in [0.25, 0.3) is 0 Å². The van der Waals surface area contributed by atoms with E-state index in [1.54, 1.807) is 0 Å². The number of carboxylic acids is 1. The van der Waals surface area contributed by atoms with E-state index < -0.39 is 5.97 Å². The van der Waals surface area contributed by atoms with Gasteiger partial charge in [0.1, 0.15) is 0 Å². The minimum atomic E-state index is -0.892. The van der Waals surface area contributed by atoms with Gasteiger partial charge in [-0.15, -0.1) is 0 Å². The molecule has 0 amide bonds. The number of aliphatic carboxylic acids is 1. The van der Waals surface area contributed by atoms with Crippen molar-refractivity contribution in [2.24, 2.45) is 5.92 Å². The van der Waals surface area contributed by atoms with Crippen LogP contribution in [-0.4, -0.2) is 5.97 Å². The van der Waals surface area contributed by atoms with E-state index in [0.29, 0.717) is 6.42 Å². The lowest BCUT2D eigenvalue weighted by Gasteiger charge is -2.18. The Kier molecular flexibility index (Phi) is 20.2. The predicted molar refractivity (Wildman–Crippen MR) is 141 cm³/mol. The third-order valence-electron chi connectivity index (χ3n) is 7.06. The van der Waals surface area contributed by atoms with E-state index in [9.17, 15) is 9.90 Å². The summed E-state index contributed by atoms with van der Waals surface area (Å²) in [6.07, 6.45) is 28.7. The molecule has 0 saturated heterocycles. The monoisotopic (exact) mass is 457 g/mol. The molecule has 2 nitrogen and oxygen atoms in total. The fraction of sp³-hybridized carbons (Fsp3) is 0.774. The number of carbonyl (C=O) groups is 1. The number of carbonyl (C=O) groups excluding carboxylic acids is 1. The van der Waals surface area contributed by atoms with E-state index in [4.69, 9.17) is 0 Å². The molecule has 1 atom stereocenters. The van der Waals surface area contributed by atoms with Crippen LogP contribution in [0.2, 0.25) is 0 Å². The first-order chi connectivity index (χ1) is 16.2. The normalized spacial score (nSPS) is 12.2. The average molecular weight is 458 g/mol. The van der Waals surface area contributed by atoms with Gasteiger partial charge in [-0.05, 0) is 18.4 Å². The van der Waals surface area contributed by atoms with Crippen molar-refractivity contribution in [3.63, 3.8) is 0 Å². The summed E-state index contributed by atoms with van der Waals surface area (Å²) in [5.74, 6) is -1.24. The van der Waals surface area contributed by atoms with E-state index in [1.807, 2.05) is 30.3 Å². The van der Waals surface area contributed by atoms with Crippen molar-refractivity contribution in [1.29, 1.82) is 0 Å². The van der Waals surface area contributed by atoms with Gasteiger partial charge >= 0.3 is 0 Å². The summed E-state index contributed by atoms with van der Waals surface area (Å²) in [6, 6.07) is 9.93. The number of hydrogen-bond donors (Lipinski definition) is 0. The topological polar surface area (TPSA) is 40.1 Å². The zero-order valence-electron chi connectivity index (χ0n) is 21.8. The van der Waals surface area contributed by atoms with E-state index in [-0.39, 0.29) is 5.92 Å². The summed E-state index contributed by atoms with van der Waals surface area (Å²) in [4.78, 5) is 11.4. The van der Waals surface area contributed by atoms with Gasteiger partial charge in [0.05, 0.1) is 0 Å². The number of rotatable bonds is 24. The molecule has 0 aliphatic rings. The highest BCUT2D eigenvalue weighted by molar-refractivity contribution is 5.68. The molecule has 0 aromatic heterocycles. The Hall–Kier alpha value is -1.31. The van der Waals surface area contributed by atoms with Gasteiger partial charge in [-0.2, -0.15) is 0 Å². The first-order valence-corrected chi connectivity index (χ1v) is 14.5. The van der Waals surface area contributed by atoms with Crippen molar-refractivity contribution in [2.45, 2.75) is 148 Å². The second-order valence-corrected chi connectivity index (χ2v) is 10.2. The Bertz CT molecular complexity index is 539. The van der Waals surface area contributed by atoms with Crippen LogP contribution in [0.15, 0.2) is 30.3 Å². The first kappa shape index (κ1) is 29.7. The van der Waals surface area contributed by atoms with Crippen LogP contribution in [0.3, 0.4) is 0 Å². The van der Waals surface area contributed by atoms with Gasteiger partial charge in [-0.1, -0.05) is 166 Å². The van der Waals surface area contributed by atoms with Gasteiger partial charge in [-0.25, -0.2) is 0 Å². The molecule has 0 spiro atoms. The molecule has 0 saturated carbocycles. The lowest BCUT2D eigenvalue weighted by molar-refractivity contribution is -0.311. The summed E-state index contributed by atoms with van der Waals surface area (Å²) >= 11 is 0. The van der Waals surface area contributed by atoms with E-state index in [2.05, 4.69) is 6.92 Å². The van der Waals surface area contributed by atoms with Gasteiger partial charge < -0.3 is 9.90 Å². The van der Waals surface area contributed by atoms with Gasteiger partial charge in [-0.3, -0.25) is 0 Å². The second kappa shape index (κ2) is 22.5. The fourth-order valence-electron chi connectivity index (χ4n) is 4.85. The highest BCUT2D eigenvalue weighted by Gasteiger charge is 2.10. The summed E-state index contributed by atoms with van der Waals surface area (Å²) < 4.78 is 0. The number of unbranched alkanes of at least 4 members (excludes halogenated alkanes) is 19. The predicted octanol–water partition coefficient (Wildman–Crippen LogP) is 8.81. The zero-order valence-corrected chi connectivity index (χ0v) is 21.8. The summed E-state index contributed by atoms with van der Waals surface area (Å²) in [5.41, 5.74) is 1.10. The van der Waals surface area contributed by atoms with Crippen LogP contribution in [0.4, 0.5) is 0 Å². The molecule has 0 heterocycles. The molecule has 1 aromatic rings. The molecular weight excluding hydrogens is 404 g/mol. The van der Waals surface area contributed by atoms with Crippen molar-refractivity contribution in [2.75, 3.05) is 0 Å². The zero-order chi connectivity index (χ0) is 23.8. The SMILES string of the molecule is CCCCCCCCCCCCCCCCCCCCCCC(Cc1ccccc1)C(=O)[O-]. The van der Waals surface area contributed by atoms with Crippen molar-refractivity contribution in [3.05, 3.63) is 35.9 Å². The summed E-state index contributed by atoms with van der Waals surface area (Å²) in [6.45, 7) is 2.29. The molecule has 1 unspecified atom stereocenters. The molecule has 0 aliphatic heterocycles. The van der Waals surface area contributed by atoms with E-state index >= 15 is 0 Å². The smallest absolute Gasteiger partial charge is 0.0448 e. The first-order valence-electron chi connectivity index (χ1n) is 14.5. The van der Waals surface area contributed by atoms with Crippen molar-refractivity contribution in [3.8, 4) is 0 Å². The Labute approximate surface area is 206 Å². The fourth-order valence-corrected chi connectivity index (χ4v) is 4.85. The lowest BCUT2D eigenvalue weighted by atomic mass is 9.93. The Morgan fingerprint density at radius 1 is 0.606 bits per heavy atom. The van der Waals surface area contributed by atoms with Crippen LogP contribution in [0, 0.1) is 5.92 Å². The Balaban J connectivity index is 1.81. The van der Waals surface area contributed by atoms with Crippen LogP contribution in [0.1, 0.15) is 147 Å². The molecule has 190 valence electrons. The van der Waals surface area contributed by atoms with Gasteiger partial charge in [0.2, 0.25) is 0 Å². The summed E-state index contributed by atoms with van der Waals surface area (Å²) in [5, 5.41) is 11.4. The minimum absolute atomic E-state index is 0.344. The van der Waals surface area contributed by atoms with Crippen LogP contribution >= 0.6 is 0 Å². The maximum atomic E-state index is 11.4. The third-order valence-corrected chi connectivity index (χ3v) is 7.06. The van der Waals surface area contributed by atoms with E-state index in [1.165, 1.54) is 116 Å². The van der Waals surface area contributed by atoms with Crippen LogP contribution in [0.5, 0.6) is 0 Å². The molecule has 0 radical (unpaired) electrons. The molecule has 1 rings (SSSR count). The third kappa shape index (κ3) is 18.8. The highest BCUT2D eigenvalue weighted by Crippen LogP contribution is 2.18. The molecular formula is C31H53O2-. The van der Waals surface area contributed by atoms with Crippen molar-refractivity contribution in [1.82, 2.24) is 0 Å². The quantitative estimate of drug-likeness (QED) is 0.145. The number of carboxylic acid groups (broad SMARTS) is 1. The molecule has 2 heteroatoms. The van der Waals surface area contributed by atoms with Crippen molar-refractivity contribution < 1.29 is 9.90 Å². The van der Waals surface area contributed by atoms with Gasteiger partial charge in [0.15, 0.2) is 0 Å². The molecule has 33 heavy (non-hydrogen) atoms. The standard InChI is InChI=1S/C31H54O2/c1-2-3-4-5-6-7-8-9-10-11-12-13-14-15-16-17-18-19-20-24-27-30(31(32)33)28-29-25-22-21-23-26-29/h21-23,25-26,30H,2-20,24,27-28H2,1H3,(H,32,33)/p-1.